The van der Waals surface area contributed by atoms with Crippen molar-refractivity contribution in [2.75, 3.05) is 0 Å². The molecule has 0 saturated heterocycles. The quantitative estimate of drug-likeness (QED) is 0.0610. The molecule has 1 N–H and O–H groups in total. The van der Waals surface area contributed by atoms with Crippen molar-refractivity contribution in [3.8, 4) is 0 Å². The van der Waals surface area contributed by atoms with Crippen LogP contribution in [-0.4, -0.2) is 52.7 Å². The molecule has 0 radical (unpaired) electrons. The molecule has 0 bridgehead atoms. The topological polar surface area (TPSA) is 116 Å². The molecule has 8 nitrogen and oxygen atoms in total. The fraction of sp³-hybridized carbons (Fsp3) is 0.625. The molecule has 3 saturated carbocycles. The summed E-state index contributed by atoms with van der Waals surface area (Å²) in [6.45, 7) is 22.2. The largest absolute Gasteiger partial charge is 0.459 e. The van der Waals surface area contributed by atoms with Crippen LogP contribution in [0.3, 0.4) is 0 Å². The number of carbonyl (C=O) groups is 4. The van der Waals surface area contributed by atoms with E-state index in [0.29, 0.717) is 25.0 Å². The summed E-state index contributed by atoms with van der Waals surface area (Å²) in [5.74, 6) is -1.22. The molecular formula is C48H68O8. The minimum atomic E-state index is -1.54. The van der Waals surface area contributed by atoms with Crippen molar-refractivity contribution in [1.82, 2.24) is 0 Å². The van der Waals surface area contributed by atoms with Gasteiger partial charge in [-0.25, -0.2) is 14.4 Å². The Bertz CT molecular complexity index is 1700. The summed E-state index contributed by atoms with van der Waals surface area (Å²) >= 11 is 0. The number of fused-ring (bicyclic) bond motifs is 5. The fourth-order valence-corrected chi connectivity index (χ4v) is 11.4. The first-order valence-corrected chi connectivity index (χ1v) is 20.7. The SMILES string of the molecule is C/C=C/C=C/C(=O)O[C@@H](C[C@@H](C)C1=C2C[C@H](OC(=O)/C=C/C=C/C)[C@H]3[C@@]4(C)CCC(=O)C(C)(C)[C@@H]4CC[C@]3(C)[C@@]2(C)CC1)[C@@H](OC(=O)/C=C/C=C/C)C(C)(C)O. The van der Waals surface area contributed by atoms with Gasteiger partial charge in [0.25, 0.3) is 0 Å². The summed E-state index contributed by atoms with van der Waals surface area (Å²) in [5, 5.41) is 11.4. The van der Waals surface area contributed by atoms with Gasteiger partial charge in [0, 0.05) is 42.4 Å². The highest BCUT2D eigenvalue weighted by molar-refractivity contribution is 5.86. The number of Topliss-reactive ketones (excluding diaryl/α,β-unsaturated/α-hetero) is 1. The van der Waals surface area contributed by atoms with Crippen molar-refractivity contribution in [2.24, 2.45) is 39.4 Å². The lowest BCUT2D eigenvalue weighted by Gasteiger charge is -2.69. The van der Waals surface area contributed by atoms with Gasteiger partial charge in [-0.15, -0.1) is 0 Å². The molecule has 8 heteroatoms. The molecule has 0 spiro atoms. The summed E-state index contributed by atoms with van der Waals surface area (Å²) in [4.78, 5) is 53.1. The van der Waals surface area contributed by atoms with Crippen LogP contribution < -0.4 is 0 Å². The Balaban J connectivity index is 1.80. The standard InChI is InChI=1S/C48H68O8/c1-12-15-18-21-39(50)54-35-31-34-33(24-28-47(34,10)48(11)29-25-37-44(5,6)38(49)26-27-46(37,9)42(35)48)32(4)30-36(55-40(51)22-19-16-13-2)43(45(7,8)53)56-41(52)23-20-17-14-3/h12-23,32,35-37,42-43,53H,24-31H2,1-11H3/b15-12+,16-13+,17-14+,21-18+,22-19+,23-20+/t32-,35+,36+,37+,42+,43-,46+,47+,48+/m1/s1. The molecule has 3 fully saturated rings. The predicted octanol–water partition coefficient (Wildman–Crippen LogP) is 9.84. The Hall–Kier alpha value is -3.78. The van der Waals surface area contributed by atoms with Crippen LogP contribution in [0.15, 0.2) is 84.1 Å². The number of carbonyl (C=O) groups excluding carboxylic acids is 4. The number of aliphatic hydroxyl groups is 1. The number of hydrogen-bond donors (Lipinski definition) is 1. The molecule has 0 aromatic rings. The van der Waals surface area contributed by atoms with Crippen LogP contribution in [-0.2, 0) is 33.4 Å². The maximum Gasteiger partial charge on any atom is 0.331 e. The van der Waals surface area contributed by atoms with E-state index in [9.17, 15) is 24.3 Å². The van der Waals surface area contributed by atoms with Gasteiger partial charge in [0.05, 0.1) is 5.60 Å². The molecule has 0 unspecified atom stereocenters. The zero-order chi connectivity index (χ0) is 41.7. The highest BCUT2D eigenvalue weighted by atomic mass is 16.6. The number of hydrogen-bond acceptors (Lipinski definition) is 8. The second-order valence-electron chi connectivity index (χ2n) is 18.4. The molecule has 0 aromatic carbocycles. The lowest BCUT2D eigenvalue weighted by atomic mass is 9.36. The molecule has 9 atom stereocenters. The molecular weight excluding hydrogens is 705 g/mol. The molecule has 4 rings (SSSR count). The number of ether oxygens (including phenoxy) is 3. The summed E-state index contributed by atoms with van der Waals surface area (Å²) in [6.07, 6.45) is 22.9. The third kappa shape index (κ3) is 9.01. The number of allylic oxidation sites excluding steroid dienone is 10. The molecule has 0 amide bonds. The Morgan fingerprint density at radius 1 is 0.804 bits per heavy atom. The van der Waals surface area contributed by atoms with Gasteiger partial charge in [-0.3, -0.25) is 4.79 Å². The van der Waals surface area contributed by atoms with Gasteiger partial charge in [-0.1, -0.05) is 107 Å². The second kappa shape index (κ2) is 17.8. The van der Waals surface area contributed by atoms with E-state index in [0.717, 1.165) is 32.1 Å². The second-order valence-corrected chi connectivity index (χ2v) is 18.4. The lowest BCUT2D eigenvalue weighted by molar-refractivity contribution is -0.216. The minimum absolute atomic E-state index is 0.0378. The third-order valence-electron chi connectivity index (χ3n) is 14.2. The Kier molecular flexibility index (Phi) is 14.3. The van der Waals surface area contributed by atoms with E-state index in [1.807, 2.05) is 32.9 Å². The van der Waals surface area contributed by atoms with Crippen LogP contribution in [0.25, 0.3) is 0 Å². The van der Waals surface area contributed by atoms with E-state index in [2.05, 4.69) is 41.5 Å². The molecule has 0 heterocycles. The van der Waals surface area contributed by atoms with Gasteiger partial charge >= 0.3 is 17.9 Å². The lowest BCUT2D eigenvalue weighted by Crippen LogP contribution is -2.66. The fourth-order valence-electron chi connectivity index (χ4n) is 11.4. The Morgan fingerprint density at radius 3 is 1.91 bits per heavy atom. The summed E-state index contributed by atoms with van der Waals surface area (Å²) in [7, 11) is 0. The first-order valence-electron chi connectivity index (χ1n) is 20.7. The monoisotopic (exact) mass is 772 g/mol. The zero-order valence-corrected chi connectivity index (χ0v) is 35.9. The molecule has 4 aliphatic rings. The zero-order valence-electron chi connectivity index (χ0n) is 35.9. The van der Waals surface area contributed by atoms with E-state index in [-0.39, 0.29) is 40.0 Å². The van der Waals surface area contributed by atoms with Gasteiger partial charge in [-0.05, 0) is 101 Å². The van der Waals surface area contributed by atoms with Gasteiger partial charge in [0.2, 0.25) is 0 Å². The van der Waals surface area contributed by atoms with Gasteiger partial charge in [-0.2, -0.15) is 0 Å². The average Bonchev–Trinajstić information content (AvgIpc) is 3.46. The van der Waals surface area contributed by atoms with E-state index < -0.39 is 41.3 Å². The smallest absolute Gasteiger partial charge is 0.331 e. The molecule has 4 aliphatic carbocycles. The van der Waals surface area contributed by atoms with Crippen LogP contribution in [0.1, 0.15) is 128 Å². The molecule has 308 valence electrons. The Morgan fingerprint density at radius 2 is 1.36 bits per heavy atom. The van der Waals surface area contributed by atoms with Crippen molar-refractivity contribution in [1.29, 1.82) is 0 Å². The van der Waals surface area contributed by atoms with E-state index in [4.69, 9.17) is 14.2 Å². The van der Waals surface area contributed by atoms with Crippen LogP contribution in [0.5, 0.6) is 0 Å². The van der Waals surface area contributed by atoms with Gasteiger partial charge in [0.15, 0.2) is 6.10 Å². The molecule has 0 aromatic heterocycles. The van der Waals surface area contributed by atoms with Crippen LogP contribution in [0, 0.1) is 39.4 Å². The summed E-state index contributed by atoms with van der Waals surface area (Å²) in [6, 6.07) is 0. The Labute approximate surface area is 336 Å². The van der Waals surface area contributed by atoms with Gasteiger partial charge in [0.1, 0.15) is 18.0 Å². The summed E-state index contributed by atoms with van der Waals surface area (Å²) < 4.78 is 18.5. The maximum atomic E-state index is 13.5. The third-order valence-corrected chi connectivity index (χ3v) is 14.2. The van der Waals surface area contributed by atoms with Crippen molar-refractivity contribution in [3.05, 3.63) is 84.1 Å². The molecule has 0 aliphatic heterocycles. The summed E-state index contributed by atoms with van der Waals surface area (Å²) in [5.41, 5.74) is -0.117. The number of esters is 3. The van der Waals surface area contributed by atoms with Gasteiger partial charge < -0.3 is 19.3 Å². The number of ketones is 1. The molecule has 56 heavy (non-hydrogen) atoms. The van der Waals surface area contributed by atoms with E-state index in [1.54, 1.807) is 56.4 Å². The van der Waals surface area contributed by atoms with Crippen LogP contribution >= 0.6 is 0 Å². The van der Waals surface area contributed by atoms with Crippen molar-refractivity contribution in [2.45, 2.75) is 151 Å². The van der Waals surface area contributed by atoms with Crippen molar-refractivity contribution in [3.63, 3.8) is 0 Å². The highest BCUT2D eigenvalue weighted by Gasteiger charge is 2.70. The van der Waals surface area contributed by atoms with E-state index >= 15 is 0 Å². The van der Waals surface area contributed by atoms with Crippen LogP contribution in [0.4, 0.5) is 0 Å². The van der Waals surface area contributed by atoms with Crippen molar-refractivity contribution < 1.29 is 38.5 Å². The average molecular weight is 773 g/mol. The number of rotatable bonds is 14. The first-order chi connectivity index (χ1) is 26.2. The normalized spacial score (nSPS) is 32.3. The first kappa shape index (κ1) is 44.9. The van der Waals surface area contributed by atoms with Crippen molar-refractivity contribution >= 4 is 23.7 Å². The van der Waals surface area contributed by atoms with E-state index in [1.165, 1.54) is 29.4 Å². The highest BCUT2D eigenvalue weighted by Crippen LogP contribution is 2.74. The minimum Gasteiger partial charge on any atom is -0.459 e. The predicted molar refractivity (Wildman–Crippen MR) is 221 cm³/mol. The van der Waals surface area contributed by atoms with Crippen LogP contribution in [0.2, 0.25) is 0 Å². The maximum absolute atomic E-state index is 13.5.